The first-order valence-corrected chi connectivity index (χ1v) is 9.95. The van der Waals surface area contributed by atoms with Gasteiger partial charge in [0, 0.05) is 42.2 Å². The van der Waals surface area contributed by atoms with E-state index in [2.05, 4.69) is 10.6 Å². The molecule has 2 aliphatic heterocycles. The molecule has 2 aliphatic rings. The molecule has 1 saturated heterocycles. The molecule has 3 amide bonds. The molecule has 2 aromatic rings. The average Bonchev–Trinajstić information content (AvgIpc) is 3.01. The zero-order chi connectivity index (χ0) is 22.3. The Kier molecular flexibility index (Phi) is 5.40. The van der Waals surface area contributed by atoms with E-state index >= 15 is 4.39 Å². The molecule has 0 radical (unpaired) electrons. The number of carbonyl (C=O) groups is 3. The van der Waals surface area contributed by atoms with Gasteiger partial charge >= 0.3 is 0 Å². The molecule has 1 fully saturated rings. The highest BCUT2D eigenvalue weighted by atomic mass is 35.5. The van der Waals surface area contributed by atoms with Crippen molar-refractivity contribution >= 4 is 40.7 Å². The summed E-state index contributed by atoms with van der Waals surface area (Å²) < 4.78 is 28.5. The zero-order valence-electron chi connectivity index (χ0n) is 16.2. The van der Waals surface area contributed by atoms with Crippen LogP contribution in [-0.4, -0.2) is 35.0 Å². The van der Waals surface area contributed by atoms with Gasteiger partial charge in [-0.3, -0.25) is 14.4 Å². The van der Waals surface area contributed by atoms with Crippen molar-refractivity contribution in [3.8, 4) is 0 Å². The van der Waals surface area contributed by atoms with Crippen LogP contribution < -0.4 is 15.5 Å². The SMILES string of the molecule is O=C1CCc2c(ccc(N3CCC(O)(C(=O)NCc4cc(F)cc(Cl)c4)C3=O)c2F)N1. The Morgan fingerprint density at radius 3 is 2.74 bits per heavy atom. The monoisotopic (exact) mass is 449 g/mol. The van der Waals surface area contributed by atoms with Crippen LogP contribution in [0.5, 0.6) is 0 Å². The number of nitrogens with zero attached hydrogens (tertiary/aromatic N) is 1. The molecule has 0 aromatic heterocycles. The third-order valence-corrected chi connectivity index (χ3v) is 5.66. The molecule has 0 saturated carbocycles. The highest BCUT2D eigenvalue weighted by Gasteiger charge is 2.52. The van der Waals surface area contributed by atoms with Crippen molar-refractivity contribution in [1.82, 2.24) is 5.32 Å². The van der Waals surface area contributed by atoms with Crippen molar-refractivity contribution < 1.29 is 28.3 Å². The third kappa shape index (κ3) is 3.86. The Morgan fingerprint density at radius 1 is 1.23 bits per heavy atom. The standard InChI is InChI=1S/C21H18ClF2N3O4/c22-12-7-11(8-13(23)9-12)10-25-19(29)21(31)5-6-27(20(21)30)16-3-2-15-14(18(16)24)1-4-17(28)26-15/h2-3,7-9,31H,1,4-6,10H2,(H,25,29)(H,26,28). The number of hydrogen-bond donors (Lipinski definition) is 3. The quantitative estimate of drug-likeness (QED) is 0.624. The van der Waals surface area contributed by atoms with E-state index in [4.69, 9.17) is 11.6 Å². The van der Waals surface area contributed by atoms with Crippen LogP contribution >= 0.6 is 11.6 Å². The Morgan fingerprint density at radius 2 is 2.00 bits per heavy atom. The van der Waals surface area contributed by atoms with E-state index < -0.39 is 29.0 Å². The third-order valence-electron chi connectivity index (χ3n) is 5.44. The Labute approximate surface area is 181 Å². The number of carbonyl (C=O) groups excluding carboxylic acids is 3. The highest BCUT2D eigenvalue weighted by Crippen LogP contribution is 2.35. The predicted octanol–water partition coefficient (Wildman–Crippen LogP) is 2.29. The van der Waals surface area contributed by atoms with E-state index in [0.29, 0.717) is 11.3 Å². The number of halogens is 3. The van der Waals surface area contributed by atoms with Crippen molar-refractivity contribution in [2.45, 2.75) is 31.4 Å². The molecule has 0 spiro atoms. The number of nitrogens with one attached hydrogen (secondary N) is 2. The molecule has 0 aliphatic carbocycles. The summed E-state index contributed by atoms with van der Waals surface area (Å²) >= 11 is 5.78. The van der Waals surface area contributed by atoms with Crippen LogP contribution in [0, 0.1) is 11.6 Å². The lowest BCUT2D eigenvalue weighted by Gasteiger charge is -2.24. The zero-order valence-corrected chi connectivity index (χ0v) is 16.9. The maximum atomic E-state index is 15.0. The molecule has 10 heteroatoms. The molecule has 0 bridgehead atoms. The Hall–Kier alpha value is -3.04. The van der Waals surface area contributed by atoms with Crippen molar-refractivity contribution in [3.63, 3.8) is 0 Å². The first-order valence-electron chi connectivity index (χ1n) is 9.58. The Balaban J connectivity index is 1.51. The fourth-order valence-corrected chi connectivity index (χ4v) is 4.06. The molecule has 1 unspecified atom stereocenters. The summed E-state index contributed by atoms with van der Waals surface area (Å²) in [5.41, 5.74) is -1.49. The van der Waals surface area contributed by atoms with Gasteiger partial charge in [0.1, 0.15) is 5.82 Å². The van der Waals surface area contributed by atoms with Crippen LogP contribution in [0.4, 0.5) is 20.2 Å². The minimum atomic E-state index is -2.38. The van der Waals surface area contributed by atoms with Gasteiger partial charge < -0.3 is 20.6 Å². The molecule has 3 N–H and O–H groups in total. The van der Waals surface area contributed by atoms with Crippen molar-refractivity contribution in [2.75, 3.05) is 16.8 Å². The minimum Gasteiger partial charge on any atom is -0.372 e. The van der Waals surface area contributed by atoms with Gasteiger partial charge in [-0.2, -0.15) is 0 Å². The summed E-state index contributed by atoms with van der Waals surface area (Å²) in [6, 6.07) is 6.54. The molecule has 1 atom stereocenters. The summed E-state index contributed by atoms with van der Waals surface area (Å²) in [7, 11) is 0. The van der Waals surface area contributed by atoms with Gasteiger partial charge in [0.25, 0.3) is 11.8 Å². The van der Waals surface area contributed by atoms with Crippen LogP contribution in [-0.2, 0) is 27.3 Å². The smallest absolute Gasteiger partial charge is 0.268 e. The second kappa shape index (κ2) is 7.90. The first kappa shape index (κ1) is 21.2. The number of rotatable bonds is 4. The largest absolute Gasteiger partial charge is 0.372 e. The van der Waals surface area contributed by atoms with E-state index in [9.17, 15) is 23.9 Å². The van der Waals surface area contributed by atoms with Crippen molar-refractivity contribution in [2.24, 2.45) is 0 Å². The summed E-state index contributed by atoms with van der Waals surface area (Å²) in [5.74, 6) is -3.41. The molecule has 162 valence electrons. The number of hydrogen-bond acceptors (Lipinski definition) is 4. The summed E-state index contributed by atoms with van der Waals surface area (Å²) in [4.78, 5) is 37.9. The fraction of sp³-hybridized carbons (Fsp3) is 0.286. The fourth-order valence-electron chi connectivity index (χ4n) is 3.82. The molecule has 4 rings (SSSR count). The molecule has 7 nitrogen and oxygen atoms in total. The summed E-state index contributed by atoms with van der Waals surface area (Å²) in [6.07, 6.45) is 0.0659. The van der Waals surface area contributed by atoms with Crippen LogP contribution in [0.25, 0.3) is 0 Å². The number of benzene rings is 2. The van der Waals surface area contributed by atoms with Gasteiger partial charge in [-0.1, -0.05) is 11.6 Å². The second-order valence-electron chi connectivity index (χ2n) is 7.50. The maximum absolute atomic E-state index is 15.0. The molecular formula is C21H18ClF2N3O4. The molecule has 2 aromatic carbocycles. The number of aliphatic hydroxyl groups is 1. The lowest BCUT2D eigenvalue weighted by Crippen LogP contribution is -2.52. The van der Waals surface area contributed by atoms with Crippen LogP contribution in [0.1, 0.15) is 24.0 Å². The topological polar surface area (TPSA) is 98.7 Å². The molecular weight excluding hydrogens is 432 g/mol. The van der Waals surface area contributed by atoms with Crippen LogP contribution in [0.3, 0.4) is 0 Å². The van der Waals surface area contributed by atoms with E-state index in [1.165, 1.54) is 24.3 Å². The van der Waals surface area contributed by atoms with E-state index in [0.717, 1.165) is 11.0 Å². The number of amides is 3. The first-order chi connectivity index (χ1) is 14.7. The lowest BCUT2D eigenvalue weighted by atomic mass is 10.00. The van der Waals surface area contributed by atoms with Gasteiger partial charge in [-0.25, -0.2) is 8.78 Å². The van der Waals surface area contributed by atoms with Gasteiger partial charge in [0.05, 0.1) is 5.69 Å². The summed E-state index contributed by atoms with van der Waals surface area (Å²) in [5, 5.41) is 15.8. The van der Waals surface area contributed by atoms with E-state index in [1.54, 1.807) is 0 Å². The molecule has 2 heterocycles. The normalized spacial score (nSPS) is 20.5. The van der Waals surface area contributed by atoms with Crippen LogP contribution in [0.15, 0.2) is 30.3 Å². The lowest BCUT2D eigenvalue weighted by molar-refractivity contribution is -0.149. The predicted molar refractivity (Wildman–Crippen MR) is 109 cm³/mol. The van der Waals surface area contributed by atoms with Gasteiger partial charge in [-0.05, 0) is 42.3 Å². The van der Waals surface area contributed by atoms with E-state index in [1.807, 2.05) is 0 Å². The molecule has 31 heavy (non-hydrogen) atoms. The minimum absolute atomic E-state index is 0.0689. The number of anilines is 2. The van der Waals surface area contributed by atoms with Crippen molar-refractivity contribution in [3.05, 3.63) is 58.1 Å². The summed E-state index contributed by atoms with van der Waals surface area (Å²) in [6.45, 7) is -0.227. The van der Waals surface area contributed by atoms with Gasteiger partial charge in [0.15, 0.2) is 5.82 Å². The van der Waals surface area contributed by atoms with Crippen LogP contribution in [0.2, 0.25) is 5.02 Å². The van der Waals surface area contributed by atoms with Gasteiger partial charge in [0.2, 0.25) is 11.5 Å². The average molecular weight is 450 g/mol. The van der Waals surface area contributed by atoms with Crippen molar-refractivity contribution in [1.29, 1.82) is 0 Å². The van der Waals surface area contributed by atoms with Gasteiger partial charge in [-0.15, -0.1) is 0 Å². The second-order valence-corrected chi connectivity index (χ2v) is 7.94. The van der Waals surface area contributed by atoms with E-state index in [-0.39, 0.29) is 54.5 Å². The Bertz CT molecular complexity index is 1090. The highest BCUT2D eigenvalue weighted by molar-refractivity contribution is 6.30. The maximum Gasteiger partial charge on any atom is 0.268 e. The number of fused-ring (bicyclic) bond motifs is 1.